The topological polar surface area (TPSA) is 111 Å². The van der Waals surface area contributed by atoms with Gasteiger partial charge in [0.2, 0.25) is 11.8 Å². The van der Waals surface area contributed by atoms with Gasteiger partial charge in [-0.05, 0) is 19.8 Å². The Hall–Kier alpha value is -0.830. The first-order valence-electron chi connectivity index (χ1n) is 6.39. The van der Waals surface area contributed by atoms with Crippen LogP contribution in [0, 0.1) is 6.92 Å². The fourth-order valence-corrected chi connectivity index (χ4v) is 4.03. The van der Waals surface area contributed by atoms with Crippen LogP contribution in [0.4, 0.5) is 5.13 Å². The Morgan fingerprint density at radius 1 is 1.43 bits per heavy atom. The first-order chi connectivity index (χ1) is 9.40. The number of anilines is 1. The molecule has 0 atom stereocenters. The molecule has 9 heteroatoms. The Labute approximate surface area is 137 Å². The molecule has 1 aliphatic carbocycles. The highest BCUT2D eigenvalue weighted by Crippen LogP contribution is 2.33. The fourth-order valence-electron chi connectivity index (χ4n) is 2.16. The van der Waals surface area contributed by atoms with Gasteiger partial charge < -0.3 is 16.8 Å². The highest BCUT2D eigenvalue weighted by atomic mass is 35.5. The van der Waals surface area contributed by atoms with E-state index in [1.807, 2.05) is 6.92 Å². The van der Waals surface area contributed by atoms with E-state index in [4.69, 9.17) is 11.5 Å². The Kier molecular flexibility index (Phi) is 6.45. The molecule has 0 aromatic carbocycles. The number of aromatic nitrogens is 1. The van der Waals surface area contributed by atoms with E-state index in [0.29, 0.717) is 18.0 Å². The molecular formula is C12H19ClN4O2S2. The lowest BCUT2D eigenvalue weighted by Crippen LogP contribution is -2.48. The van der Waals surface area contributed by atoms with Crippen LogP contribution in [0.5, 0.6) is 0 Å². The van der Waals surface area contributed by atoms with Crippen LogP contribution in [-0.2, 0) is 9.59 Å². The molecule has 0 aliphatic heterocycles. The third-order valence-corrected chi connectivity index (χ3v) is 5.73. The molecule has 0 unspecified atom stereocenters. The molecule has 1 aromatic rings. The summed E-state index contributed by atoms with van der Waals surface area (Å²) >= 11 is 2.68. The summed E-state index contributed by atoms with van der Waals surface area (Å²) in [5, 5.41) is 3.31. The van der Waals surface area contributed by atoms with Crippen LogP contribution in [-0.4, -0.2) is 28.1 Å². The van der Waals surface area contributed by atoms with Crippen molar-refractivity contribution >= 4 is 52.5 Å². The number of thioether (sulfide) groups is 1. The van der Waals surface area contributed by atoms with Crippen LogP contribution >= 0.6 is 35.5 Å². The average Bonchev–Trinajstić information content (AvgIpc) is 2.94. The Morgan fingerprint density at radius 3 is 2.62 bits per heavy atom. The van der Waals surface area contributed by atoms with Crippen LogP contribution in [0.25, 0.3) is 0 Å². The summed E-state index contributed by atoms with van der Waals surface area (Å²) in [5.74, 6) is -0.340. The van der Waals surface area contributed by atoms with E-state index in [2.05, 4.69) is 10.3 Å². The summed E-state index contributed by atoms with van der Waals surface area (Å²) in [6.45, 7) is 1.84. The van der Waals surface area contributed by atoms with Crippen molar-refractivity contribution in [1.29, 1.82) is 0 Å². The van der Waals surface area contributed by atoms with Gasteiger partial charge >= 0.3 is 0 Å². The monoisotopic (exact) mass is 350 g/mol. The normalized spacial score (nSPS) is 16.3. The van der Waals surface area contributed by atoms with Crippen molar-refractivity contribution in [2.45, 2.75) is 42.4 Å². The van der Waals surface area contributed by atoms with Crippen molar-refractivity contribution in [1.82, 2.24) is 4.98 Å². The zero-order valence-corrected chi connectivity index (χ0v) is 14.1. The standard InChI is InChI=1S/C12H18N4O2S2.ClH/c1-7-9(19-6-8(13)17)20-11(15-7)16-10(18)12(14)4-2-3-5-12;/h2-6,14H2,1H3,(H2,13,17)(H,15,16,18);1H. The number of primary amides is 1. The Bertz CT molecular complexity index is 529. The molecule has 1 aromatic heterocycles. The summed E-state index contributed by atoms with van der Waals surface area (Å²) in [7, 11) is 0. The number of carbonyl (C=O) groups excluding carboxylic acids is 2. The van der Waals surface area contributed by atoms with Crippen LogP contribution < -0.4 is 16.8 Å². The van der Waals surface area contributed by atoms with Crippen LogP contribution in [0.3, 0.4) is 0 Å². The lowest BCUT2D eigenvalue weighted by molar-refractivity contribution is -0.121. The maximum absolute atomic E-state index is 12.2. The van der Waals surface area contributed by atoms with Gasteiger partial charge in [0.05, 0.1) is 21.2 Å². The molecule has 0 saturated heterocycles. The average molecular weight is 351 g/mol. The zero-order valence-electron chi connectivity index (χ0n) is 11.7. The van der Waals surface area contributed by atoms with Crippen molar-refractivity contribution in [3.8, 4) is 0 Å². The number of carbonyl (C=O) groups is 2. The van der Waals surface area contributed by atoms with Crippen molar-refractivity contribution < 1.29 is 9.59 Å². The second-order valence-electron chi connectivity index (χ2n) is 4.96. The molecule has 2 rings (SSSR count). The maximum atomic E-state index is 12.2. The molecule has 1 heterocycles. The molecule has 1 fully saturated rings. The minimum Gasteiger partial charge on any atom is -0.369 e. The van der Waals surface area contributed by atoms with Gasteiger partial charge in [-0.2, -0.15) is 0 Å². The number of nitrogens with zero attached hydrogens (tertiary/aromatic N) is 1. The second-order valence-corrected chi connectivity index (χ2v) is 7.21. The van der Waals surface area contributed by atoms with Gasteiger partial charge in [-0.3, -0.25) is 9.59 Å². The van der Waals surface area contributed by atoms with E-state index < -0.39 is 5.54 Å². The number of nitrogens with one attached hydrogen (secondary N) is 1. The van der Waals surface area contributed by atoms with Crippen LogP contribution in [0.15, 0.2) is 4.21 Å². The van der Waals surface area contributed by atoms with E-state index in [0.717, 1.165) is 22.7 Å². The van der Waals surface area contributed by atoms with Crippen LogP contribution in [0.1, 0.15) is 31.4 Å². The van der Waals surface area contributed by atoms with Crippen LogP contribution in [0.2, 0.25) is 0 Å². The number of nitrogens with two attached hydrogens (primary N) is 2. The lowest BCUT2D eigenvalue weighted by atomic mass is 9.98. The van der Waals surface area contributed by atoms with Crippen molar-refractivity contribution in [2.75, 3.05) is 11.1 Å². The fraction of sp³-hybridized carbons (Fsp3) is 0.583. The molecule has 5 N–H and O–H groups in total. The van der Waals surface area contributed by atoms with Gasteiger partial charge in [-0.25, -0.2) is 4.98 Å². The Balaban J connectivity index is 0.00000220. The summed E-state index contributed by atoms with van der Waals surface area (Å²) < 4.78 is 0.886. The smallest absolute Gasteiger partial charge is 0.246 e. The highest BCUT2D eigenvalue weighted by Gasteiger charge is 2.37. The maximum Gasteiger partial charge on any atom is 0.246 e. The molecule has 21 heavy (non-hydrogen) atoms. The first-order valence-corrected chi connectivity index (χ1v) is 8.20. The largest absolute Gasteiger partial charge is 0.369 e. The summed E-state index contributed by atoms with van der Waals surface area (Å²) in [5.41, 5.74) is 11.2. The summed E-state index contributed by atoms with van der Waals surface area (Å²) in [4.78, 5) is 27.2. The number of halogens is 1. The van der Waals surface area contributed by atoms with E-state index in [1.165, 1.54) is 23.1 Å². The molecule has 118 valence electrons. The molecule has 6 nitrogen and oxygen atoms in total. The highest BCUT2D eigenvalue weighted by molar-refractivity contribution is 8.01. The van der Waals surface area contributed by atoms with Gasteiger partial charge in [0.15, 0.2) is 5.13 Å². The van der Waals surface area contributed by atoms with E-state index in [-0.39, 0.29) is 30.0 Å². The third kappa shape index (κ3) is 4.57. The predicted octanol–water partition coefficient (Wildman–Crippen LogP) is 1.66. The molecule has 0 bridgehead atoms. The molecule has 0 radical (unpaired) electrons. The van der Waals surface area contributed by atoms with Crippen molar-refractivity contribution in [2.24, 2.45) is 11.5 Å². The minimum atomic E-state index is -0.764. The van der Waals surface area contributed by atoms with E-state index in [1.54, 1.807) is 0 Å². The molecular weight excluding hydrogens is 332 g/mol. The number of thiazole rings is 1. The minimum absolute atomic E-state index is 0. The van der Waals surface area contributed by atoms with Gasteiger partial charge in [-0.15, -0.1) is 24.2 Å². The number of rotatable bonds is 5. The predicted molar refractivity (Wildman–Crippen MR) is 88.0 cm³/mol. The molecule has 2 amide bonds. The second kappa shape index (κ2) is 7.44. The number of aryl methyl sites for hydroxylation is 1. The zero-order chi connectivity index (χ0) is 14.8. The van der Waals surface area contributed by atoms with E-state index in [9.17, 15) is 9.59 Å². The summed E-state index contributed by atoms with van der Waals surface area (Å²) in [6, 6.07) is 0. The summed E-state index contributed by atoms with van der Waals surface area (Å²) in [6.07, 6.45) is 3.40. The Morgan fingerprint density at radius 2 is 2.05 bits per heavy atom. The van der Waals surface area contributed by atoms with Gasteiger partial charge in [-0.1, -0.05) is 24.2 Å². The van der Waals surface area contributed by atoms with Crippen molar-refractivity contribution in [3.05, 3.63) is 5.69 Å². The number of hydrogen-bond donors (Lipinski definition) is 3. The first kappa shape index (κ1) is 18.2. The van der Waals surface area contributed by atoms with E-state index >= 15 is 0 Å². The van der Waals surface area contributed by atoms with Gasteiger partial charge in [0.1, 0.15) is 0 Å². The molecule has 1 aliphatic rings. The van der Waals surface area contributed by atoms with Gasteiger partial charge in [0.25, 0.3) is 0 Å². The number of hydrogen-bond acceptors (Lipinski definition) is 6. The molecule has 0 spiro atoms. The lowest BCUT2D eigenvalue weighted by Gasteiger charge is -2.21. The van der Waals surface area contributed by atoms with Crippen molar-refractivity contribution in [3.63, 3.8) is 0 Å². The third-order valence-electron chi connectivity index (χ3n) is 3.27. The van der Waals surface area contributed by atoms with Gasteiger partial charge in [0, 0.05) is 0 Å². The quantitative estimate of drug-likeness (QED) is 0.699. The number of amides is 2. The molecule has 1 saturated carbocycles. The SMILES string of the molecule is Cc1nc(NC(=O)C2(N)CCCC2)sc1SCC(N)=O.Cl.